The molecular weight excluding hydrogens is 370 g/mol. The number of nitro benzene ring substituents is 1. The number of carbonyl (C=O) groups excluding carboxylic acids is 1. The third-order valence-electron chi connectivity index (χ3n) is 3.98. The van der Waals surface area contributed by atoms with Crippen LogP contribution < -0.4 is 4.74 Å². The number of hydrogen-bond donors (Lipinski definition) is 0. The lowest BCUT2D eigenvalue weighted by Crippen LogP contribution is -2.18. The maximum absolute atomic E-state index is 12.3. The first kappa shape index (κ1) is 19.3. The van der Waals surface area contributed by atoms with Gasteiger partial charge in [-0.15, -0.1) is 0 Å². The van der Waals surface area contributed by atoms with E-state index in [2.05, 4.69) is 0 Å². The predicted octanol–water partition coefficient (Wildman–Crippen LogP) is 4.11. The number of carbonyl (C=O) groups is 1. The third-order valence-corrected chi connectivity index (χ3v) is 4.60. The summed E-state index contributed by atoms with van der Waals surface area (Å²) in [5.41, 5.74) is 1.62. The van der Waals surface area contributed by atoms with Crippen LogP contribution in [0.4, 0.5) is 5.69 Å². The Morgan fingerprint density at radius 1 is 1.22 bits per heavy atom. The fourth-order valence-electron chi connectivity index (χ4n) is 2.65. The van der Waals surface area contributed by atoms with E-state index in [9.17, 15) is 14.9 Å². The molecule has 0 unspecified atom stereocenters. The predicted molar refractivity (Wildman–Crippen MR) is 101 cm³/mol. The van der Waals surface area contributed by atoms with Crippen molar-refractivity contribution in [1.29, 1.82) is 0 Å². The van der Waals surface area contributed by atoms with Crippen molar-refractivity contribution < 1.29 is 23.9 Å². The van der Waals surface area contributed by atoms with Crippen molar-refractivity contribution in [2.75, 3.05) is 19.5 Å². The number of esters is 1. The Morgan fingerprint density at radius 3 is 2.56 bits per heavy atom. The van der Waals surface area contributed by atoms with Crippen molar-refractivity contribution >= 4 is 23.4 Å². The summed E-state index contributed by atoms with van der Waals surface area (Å²) in [6, 6.07) is 11.3. The topological polar surface area (TPSA) is 87.9 Å². The fourth-order valence-corrected chi connectivity index (χ4v) is 3.18. The van der Waals surface area contributed by atoms with Crippen LogP contribution in [-0.2, 0) is 15.2 Å². The van der Waals surface area contributed by atoms with Gasteiger partial charge >= 0.3 is 11.7 Å². The van der Waals surface area contributed by atoms with E-state index in [0.29, 0.717) is 24.3 Å². The van der Waals surface area contributed by atoms with Crippen LogP contribution in [0.25, 0.3) is 0 Å². The van der Waals surface area contributed by atoms with Crippen molar-refractivity contribution in [3.63, 3.8) is 0 Å². The molecule has 3 rings (SSSR count). The lowest BCUT2D eigenvalue weighted by Gasteiger charge is -2.23. The zero-order valence-corrected chi connectivity index (χ0v) is 15.6. The largest absolute Gasteiger partial charge is 0.416 e. The third kappa shape index (κ3) is 4.85. The van der Waals surface area contributed by atoms with Gasteiger partial charge in [0.1, 0.15) is 0 Å². The lowest BCUT2D eigenvalue weighted by atomic mass is 10.1. The monoisotopic (exact) mass is 389 g/mol. The Balaban J connectivity index is 1.78. The van der Waals surface area contributed by atoms with Gasteiger partial charge < -0.3 is 14.2 Å². The summed E-state index contributed by atoms with van der Waals surface area (Å²) in [5.74, 6) is 0.0811. The van der Waals surface area contributed by atoms with E-state index in [1.165, 1.54) is 12.1 Å². The summed E-state index contributed by atoms with van der Waals surface area (Å²) in [6.07, 6.45) is 2.13. The maximum Gasteiger partial charge on any atom is 0.343 e. The van der Waals surface area contributed by atoms with Crippen LogP contribution in [0.5, 0.6) is 5.75 Å². The number of ether oxygens (including phenoxy) is 3. The molecule has 0 N–H and O–H groups in total. The second-order valence-corrected chi connectivity index (χ2v) is 6.80. The summed E-state index contributed by atoms with van der Waals surface area (Å²) < 4.78 is 16.2. The average molecular weight is 389 g/mol. The number of thioether (sulfide) groups is 1. The van der Waals surface area contributed by atoms with Crippen molar-refractivity contribution in [2.24, 2.45) is 0 Å². The van der Waals surface area contributed by atoms with Crippen LogP contribution in [0.1, 0.15) is 34.2 Å². The second kappa shape index (κ2) is 8.98. The van der Waals surface area contributed by atoms with Crippen LogP contribution in [0, 0.1) is 10.1 Å². The van der Waals surface area contributed by atoms with Gasteiger partial charge in [0.05, 0.1) is 23.7 Å². The molecule has 1 heterocycles. The molecule has 0 radical (unpaired) electrons. The van der Waals surface area contributed by atoms with Crippen molar-refractivity contribution in [3.05, 3.63) is 69.3 Å². The molecule has 0 atom stereocenters. The van der Waals surface area contributed by atoms with Gasteiger partial charge in [0.2, 0.25) is 5.75 Å². The van der Waals surface area contributed by atoms with Gasteiger partial charge in [0, 0.05) is 17.4 Å². The zero-order chi connectivity index (χ0) is 19.2. The van der Waals surface area contributed by atoms with Crippen LogP contribution in [0.15, 0.2) is 42.5 Å². The van der Waals surface area contributed by atoms with Gasteiger partial charge in [-0.3, -0.25) is 10.1 Å². The number of nitrogens with zero attached hydrogens (tertiary/aromatic N) is 1. The standard InChI is InChI=1S/C19H19NO6S/c1-27-12-13-3-5-14(6-4-13)18(21)26-17-8-7-15(11-16(17)20(22)23)19-24-9-2-10-25-19/h3-8,11,19H,2,9-10,12H2,1H3. The zero-order valence-electron chi connectivity index (χ0n) is 14.8. The first-order valence-corrected chi connectivity index (χ1v) is 9.79. The summed E-state index contributed by atoms with van der Waals surface area (Å²) in [5, 5.41) is 11.4. The molecule has 0 bridgehead atoms. The number of rotatable bonds is 6. The summed E-state index contributed by atoms with van der Waals surface area (Å²) in [4.78, 5) is 23.2. The molecule has 0 aliphatic carbocycles. The highest BCUT2D eigenvalue weighted by molar-refractivity contribution is 7.97. The smallest absolute Gasteiger partial charge is 0.343 e. The van der Waals surface area contributed by atoms with Gasteiger partial charge in [0.15, 0.2) is 6.29 Å². The van der Waals surface area contributed by atoms with Crippen LogP contribution in [0.3, 0.4) is 0 Å². The van der Waals surface area contributed by atoms with Crippen LogP contribution >= 0.6 is 11.8 Å². The molecule has 1 aliphatic heterocycles. The molecule has 0 aromatic heterocycles. The van der Waals surface area contributed by atoms with E-state index in [1.54, 1.807) is 30.0 Å². The Labute approximate surface area is 160 Å². The molecule has 1 aliphatic rings. The van der Waals surface area contributed by atoms with E-state index in [1.807, 2.05) is 18.4 Å². The molecule has 2 aromatic rings. The van der Waals surface area contributed by atoms with E-state index >= 15 is 0 Å². The summed E-state index contributed by atoms with van der Waals surface area (Å²) in [6.45, 7) is 1.06. The molecule has 0 spiro atoms. The molecule has 142 valence electrons. The minimum atomic E-state index is -0.647. The van der Waals surface area contributed by atoms with E-state index < -0.39 is 17.2 Å². The summed E-state index contributed by atoms with van der Waals surface area (Å²) >= 11 is 1.68. The highest BCUT2D eigenvalue weighted by atomic mass is 32.2. The molecule has 8 heteroatoms. The Kier molecular flexibility index (Phi) is 6.44. The van der Waals surface area contributed by atoms with Gasteiger partial charge in [0.25, 0.3) is 0 Å². The molecule has 0 saturated carbocycles. The van der Waals surface area contributed by atoms with Crippen molar-refractivity contribution in [3.8, 4) is 5.75 Å². The van der Waals surface area contributed by atoms with Gasteiger partial charge in [-0.05, 0) is 42.5 Å². The molecule has 0 amide bonds. The highest BCUT2D eigenvalue weighted by Crippen LogP contribution is 2.33. The van der Waals surface area contributed by atoms with E-state index in [-0.39, 0.29) is 11.4 Å². The number of hydrogen-bond acceptors (Lipinski definition) is 7. The average Bonchev–Trinajstić information content (AvgIpc) is 2.69. The lowest BCUT2D eigenvalue weighted by molar-refractivity contribution is -0.385. The van der Waals surface area contributed by atoms with Crippen molar-refractivity contribution in [1.82, 2.24) is 0 Å². The molecule has 2 aromatic carbocycles. The first-order chi connectivity index (χ1) is 13.1. The number of nitro groups is 1. The molecule has 7 nitrogen and oxygen atoms in total. The van der Waals surface area contributed by atoms with E-state index in [4.69, 9.17) is 14.2 Å². The molecular formula is C19H19NO6S. The fraction of sp³-hybridized carbons (Fsp3) is 0.316. The Morgan fingerprint density at radius 2 is 1.93 bits per heavy atom. The maximum atomic E-state index is 12.3. The van der Waals surface area contributed by atoms with Gasteiger partial charge in [-0.2, -0.15) is 11.8 Å². The Bertz CT molecular complexity index is 817. The SMILES string of the molecule is CSCc1ccc(C(=O)Oc2ccc(C3OCCCO3)cc2[N+](=O)[O-])cc1. The summed E-state index contributed by atoms with van der Waals surface area (Å²) in [7, 11) is 0. The van der Waals surface area contributed by atoms with Crippen LogP contribution in [0.2, 0.25) is 0 Å². The van der Waals surface area contributed by atoms with Crippen LogP contribution in [-0.4, -0.2) is 30.4 Å². The molecule has 1 fully saturated rings. The minimum absolute atomic E-state index is 0.113. The quantitative estimate of drug-likeness (QED) is 0.318. The van der Waals surface area contributed by atoms with Crippen molar-refractivity contribution in [2.45, 2.75) is 18.5 Å². The number of benzene rings is 2. The van der Waals surface area contributed by atoms with Gasteiger partial charge in [-0.1, -0.05) is 12.1 Å². The highest BCUT2D eigenvalue weighted by Gasteiger charge is 2.24. The first-order valence-electron chi connectivity index (χ1n) is 8.40. The van der Waals surface area contributed by atoms with Gasteiger partial charge in [-0.25, -0.2) is 4.79 Å². The normalized spacial score (nSPS) is 14.7. The minimum Gasteiger partial charge on any atom is -0.416 e. The second-order valence-electron chi connectivity index (χ2n) is 5.93. The molecule has 27 heavy (non-hydrogen) atoms. The Hall–Kier alpha value is -2.42. The molecule has 1 saturated heterocycles. The van der Waals surface area contributed by atoms with E-state index in [0.717, 1.165) is 17.7 Å².